The minimum atomic E-state index is -0.213. The Morgan fingerprint density at radius 2 is 1.95 bits per heavy atom. The van der Waals surface area contributed by atoms with Crippen LogP contribution in [-0.4, -0.2) is 15.6 Å². The van der Waals surface area contributed by atoms with Crippen LogP contribution in [0.5, 0.6) is 0 Å². The molecule has 0 fully saturated rings. The fraction of sp³-hybridized carbons (Fsp3) is 0.231. The molecule has 100 valence electrons. The molecule has 0 aliphatic rings. The highest BCUT2D eigenvalue weighted by atomic mass is 35.5. The van der Waals surface area contributed by atoms with E-state index in [-0.39, 0.29) is 5.78 Å². The molecule has 0 atom stereocenters. The van der Waals surface area contributed by atoms with Gasteiger partial charge in [0.15, 0.2) is 0 Å². The molecule has 0 N–H and O–H groups in total. The second-order valence-electron chi connectivity index (χ2n) is 4.02. The number of rotatable bonds is 4. The lowest BCUT2D eigenvalue weighted by atomic mass is 10.1. The van der Waals surface area contributed by atoms with Crippen molar-refractivity contribution in [1.82, 2.24) is 9.78 Å². The molecule has 1 aromatic carbocycles. The molecule has 1 aromatic heterocycles. The predicted molar refractivity (Wildman–Crippen MR) is 77.4 cm³/mol. The van der Waals surface area contributed by atoms with Crippen molar-refractivity contribution in [2.75, 3.05) is 0 Å². The van der Waals surface area contributed by atoms with Gasteiger partial charge in [-0.25, -0.2) is 0 Å². The molecule has 19 heavy (non-hydrogen) atoms. The van der Waals surface area contributed by atoms with Gasteiger partial charge in [-0.2, -0.15) is 5.10 Å². The van der Waals surface area contributed by atoms with Crippen molar-refractivity contribution in [1.29, 1.82) is 0 Å². The van der Waals surface area contributed by atoms with Crippen LogP contribution in [0.2, 0.25) is 15.1 Å². The van der Waals surface area contributed by atoms with E-state index < -0.39 is 0 Å². The molecular formula is C13H11Cl3N2O. The summed E-state index contributed by atoms with van der Waals surface area (Å²) in [6.07, 6.45) is 2.33. The van der Waals surface area contributed by atoms with Crippen molar-refractivity contribution in [2.45, 2.75) is 19.9 Å². The molecule has 0 unspecified atom stereocenters. The van der Waals surface area contributed by atoms with Gasteiger partial charge in [0.1, 0.15) is 5.69 Å². The Bertz CT molecular complexity index is 622. The average molecular weight is 318 g/mol. The lowest BCUT2D eigenvalue weighted by Gasteiger charge is -2.07. The maximum atomic E-state index is 12.4. The summed E-state index contributed by atoms with van der Waals surface area (Å²) < 4.78 is 1.60. The smallest absolute Gasteiger partial charge is 0.212 e. The highest BCUT2D eigenvalue weighted by Crippen LogP contribution is 2.25. The molecule has 6 heteroatoms. The molecule has 3 nitrogen and oxygen atoms in total. The molecule has 0 saturated carbocycles. The maximum absolute atomic E-state index is 12.4. The number of nitrogens with zero attached hydrogens (tertiary/aromatic N) is 2. The molecule has 1 heterocycles. The molecule has 0 saturated heterocycles. The number of halogens is 3. The Morgan fingerprint density at radius 1 is 1.21 bits per heavy atom. The Kier molecular flexibility index (Phi) is 4.50. The van der Waals surface area contributed by atoms with Gasteiger partial charge in [-0.05, 0) is 24.6 Å². The van der Waals surface area contributed by atoms with E-state index in [1.165, 1.54) is 12.3 Å². The van der Waals surface area contributed by atoms with Gasteiger partial charge >= 0.3 is 0 Å². The summed E-state index contributed by atoms with van der Waals surface area (Å²) in [6.45, 7) is 2.64. The van der Waals surface area contributed by atoms with Crippen molar-refractivity contribution in [3.05, 3.63) is 50.7 Å². The third-order valence-electron chi connectivity index (χ3n) is 2.63. The van der Waals surface area contributed by atoms with E-state index in [9.17, 15) is 4.79 Å². The maximum Gasteiger partial charge on any atom is 0.212 e. The van der Waals surface area contributed by atoms with Crippen LogP contribution in [0.4, 0.5) is 0 Å². The van der Waals surface area contributed by atoms with E-state index in [1.807, 2.05) is 6.92 Å². The third kappa shape index (κ3) is 2.94. The largest absolute Gasteiger partial charge is 0.287 e. The quantitative estimate of drug-likeness (QED) is 0.779. The first-order valence-corrected chi connectivity index (χ1v) is 6.89. The van der Waals surface area contributed by atoms with Gasteiger partial charge in [-0.1, -0.05) is 41.7 Å². The Hall–Kier alpha value is -1.03. The van der Waals surface area contributed by atoms with Gasteiger partial charge in [-0.15, -0.1) is 0 Å². The Balaban J connectivity index is 2.43. The van der Waals surface area contributed by atoms with Gasteiger partial charge in [0, 0.05) is 12.1 Å². The first kappa shape index (κ1) is 14.4. The highest BCUT2D eigenvalue weighted by Gasteiger charge is 2.19. The zero-order chi connectivity index (χ0) is 14.0. The van der Waals surface area contributed by atoms with Crippen LogP contribution in [0, 0.1) is 0 Å². The van der Waals surface area contributed by atoms with Crippen molar-refractivity contribution in [2.24, 2.45) is 0 Å². The summed E-state index contributed by atoms with van der Waals surface area (Å²) in [7, 11) is 0. The Morgan fingerprint density at radius 3 is 2.58 bits per heavy atom. The molecule has 2 rings (SSSR count). The minimum Gasteiger partial charge on any atom is -0.287 e. The summed E-state index contributed by atoms with van der Waals surface area (Å²) in [4.78, 5) is 12.4. The van der Waals surface area contributed by atoms with Gasteiger partial charge in [0.05, 0.1) is 21.3 Å². The van der Waals surface area contributed by atoms with Crippen LogP contribution in [0.25, 0.3) is 0 Å². The highest BCUT2D eigenvalue weighted by molar-refractivity contribution is 6.42. The number of aryl methyl sites for hydroxylation is 1. The van der Waals surface area contributed by atoms with Gasteiger partial charge in [-0.3, -0.25) is 9.48 Å². The van der Waals surface area contributed by atoms with Crippen LogP contribution < -0.4 is 0 Å². The van der Waals surface area contributed by atoms with E-state index in [0.29, 0.717) is 32.9 Å². The van der Waals surface area contributed by atoms with Crippen LogP contribution in [0.15, 0.2) is 24.4 Å². The third-order valence-corrected chi connectivity index (χ3v) is 3.64. The summed E-state index contributed by atoms with van der Waals surface area (Å²) in [6, 6.07) is 4.74. The van der Waals surface area contributed by atoms with E-state index in [2.05, 4.69) is 5.10 Å². The molecule has 0 aliphatic carbocycles. The molecule has 0 spiro atoms. The molecule has 0 radical (unpaired) electrons. The SMILES string of the molecule is CCCn1ncc(Cl)c1C(=O)c1ccc(Cl)c(Cl)c1. The van der Waals surface area contributed by atoms with Gasteiger partial charge < -0.3 is 0 Å². The summed E-state index contributed by atoms with van der Waals surface area (Å²) in [5.74, 6) is -0.213. The van der Waals surface area contributed by atoms with E-state index in [0.717, 1.165) is 6.42 Å². The summed E-state index contributed by atoms with van der Waals surface area (Å²) in [5, 5.41) is 5.18. The number of ketones is 1. The molecule has 0 amide bonds. The fourth-order valence-corrected chi connectivity index (χ4v) is 2.27. The topological polar surface area (TPSA) is 34.9 Å². The lowest BCUT2D eigenvalue weighted by Crippen LogP contribution is -2.12. The first-order valence-electron chi connectivity index (χ1n) is 5.75. The number of hydrogen-bond acceptors (Lipinski definition) is 2. The number of aromatic nitrogens is 2. The first-order chi connectivity index (χ1) is 9.04. The standard InChI is InChI=1S/C13H11Cl3N2O/c1-2-5-18-12(11(16)7-17-18)13(19)8-3-4-9(14)10(15)6-8/h3-4,6-7H,2,5H2,1H3. The zero-order valence-corrected chi connectivity index (χ0v) is 12.4. The van der Waals surface area contributed by atoms with Crippen LogP contribution in [0.3, 0.4) is 0 Å². The van der Waals surface area contributed by atoms with Crippen molar-refractivity contribution >= 4 is 40.6 Å². The van der Waals surface area contributed by atoms with Crippen LogP contribution in [-0.2, 0) is 6.54 Å². The van der Waals surface area contributed by atoms with Crippen molar-refractivity contribution in [3.8, 4) is 0 Å². The number of carbonyl (C=O) groups excluding carboxylic acids is 1. The monoisotopic (exact) mass is 316 g/mol. The molecule has 2 aromatic rings. The molecule has 0 aliphatic heterocycles. The second-order valence-corrected chi connectivity index (χ2v) is 5.24. The van der Waals surface area contributed by atoms with E-state index in [1.54, 1.807) is 16.8 Å². The van der Waals surface area contributed by atoms with Crippen LogP contribution >= 0.6 is 34.8 Å². The van der Waals surface area contributed by atoms with Gasteiger partial charge in [0.25, 0.3) is 0 Å². The zero-order valence-electron chi connectivity index (χ0n) is 10.2. The summed E-state index contributed by atoms with van der Waals surface area (Å²) >= 11 is 17.8. The lowest BCUT2D eigenvalue weighted by molar-refractivity contribution is 0.102. The van der Waals surface area contributed by atoms with E-state index >= 15 is 0 Å². The predicted octanol–water partition coefficient (Wildman–Crippen LogP) is 4.48. The molecular weight excluding hydrogens is 307 g/mol. The number of hydrogen-bond donors (Lipinski definition) is 0. The van der Waals surface area contributed by atoms with Crippen molar-refractivity contribution < 1.29 is 4.79 Å². The minimum absolute atomic E-state index is 0.213. The van der Waals surface area contributed by atoms with Gasteiger partial charge in [0.2, 0.25) is 5.78 Å². The number of benzene rings is 1. The van der Waals surface area contributed by atoms with Crippen molar-refractivity contribution in [3.63, 3.8) is 0 Å². The summed E-state index contributed by atoms with van der Waals surface area (Å²) in [5.41, 5.74) is 0.816. The molecule has 0 bridgehead atoms. The number of carbonyl (C=O) groups is 1. The normalized spacial score (nSPS) is 10.7. The second kappa shape index (κ2) is 5.95. The van der Waals surface area contributed by atoms with E-state index in [4.69, 9.17) is 34.8 Å². The average Bonchev–Trinajstić information content (AvgIpc) is 2.74. The van der Waals surface area contributed by atoms with Crippen LogP contribution in [0.1, 0.15) is 29.4 Å². The fourth-order valence-electron chi connectivity index (χ4n) is 1.74. The Labute approximate surface area is 126 Å².